The molecule has 0 unspecified atom stereocenters. The molecular formula is C23H20FNO6. The van der Waals surface area contributed by atoms with Gasteiger partial charge in [0.25, 0.3) is 5.91 Å². The molecular weight excluding hydrogens is 405 g/mol. The van der Waals surface area contributed by atoms with Crippen LogP contribution in [0.25, 0.3) is 11.3 Å². The van der Waals surface area contributed by atoms with Crippen LogP contribution < -0.4 is 14.8 Å². The van der Waals surface area contributed by atoms with E-state index < -0.39 is 24.3 Å². The summed E-state index contributed by atoms with van der Waals surface area (Å²) in [6.45, 7) is 0.962. The molecule has 1 aromatic heterocycles. The molecule has 0 saturated heterocycles. The SMILES string of the molecule is O=C(COC(=O)c1ccc(-c2ccccc2F)o1)NCCc1ccc2c(c1)OCCO2. The molecule has 0 fully saturated rings. The van der Waals surface area contributed by atoms with Crippen molar-refractivity contribution in [3.8, 4) is 22.8 Å². The largest absolute Gasteiger partial charge is 0.486 e. The zero-order chi connectivity index (χ0) is 21.6. The second kappa shape index (κ2) is 9.34. The first kappa shape index (κ1) is 20.5. The minimum absolute atomic E-state index is 0.109. The molecule has 1 amide bonds. The van der Waals surface area contributed by atoms with Crippen molar-refractivity contribution in [1.29, 1.82) is 0 Å². The van der Waals surface area contributed by atoms with E-state index in [2.05, 4.69) is 5.32 Å². The van der Waals surface area contributed by atoms with Gasteiger partial charge < -0.3 is 23.9 Å². The summed E-state index contributed by atoms with van der Waals surface area (Å²) in [5.41, 5.74) is 1.22. The Morgan fingerprint density at radius 3 is 2.65 bits per heavy atom. The maximum absolute atomic E-state index is 13.8. The summed E-state index contributed by atoms with van der Waals surface area (Å²) in [5.74, 6) is -0.207. The molecule has 7 nitrogen and oxygen atoms in total. The van der Waals surface area contributed by atoms with Crippen molar-refractivity contribution < 1.29 is 32.6 Å². The van der Waals surface area contributed by atoms with Crippen LogP contribution in [0.15, 0.2) is 59.0 Å². The van der Waals surface area contributed by atoms with Gasteiger partial charge in [-0.05, 0) is 48.4 Å². The Hall–Kier alpha value is -3.81. The third-order valence-electron chi connectivity index (χ3n) is 4.62. The average molecular weight is 425 g/mol. The Kier molecular flexibility index (Phi) is 6.16. The highest BCUT2D eigenvalue weighted by Gasteiger charge is 2.17. The molecule has 0 bridgehead atoms. The Bertz CT molecular complexity index is 1090. The van der Waals surface area contributed by atoms with Crippen LogP contribution in [0.5, 0.6) is 11.5 Å². The number of nitrogens with one attached hydrogen (secondary N) is 1. The molecule has 31 heavy (non-hydrogen) atoms. The van der Waals surface area contributed by atoms with Gasteiger partial charge >= 0.3 is 5.97 Å². The number of furan rings is 1. The van der Waals surface area contributed by atoms with Crippen molar-refractivity contribution in [2.45, 2.75) is 6.42 Å². The first-order chi connectivity index (χ1) is 15.1. The number of halogens is 1. The van der Waals surface area contributed by atoms with Crippen molar-refractivity contribution >= 4 is 11.9 Å². The van der Waals surface area contributed by atoms with Crippen molar-refractivity contribution in [3.05, 3.63) is 71.7 Å². The molecule has 0 spiro atoms. The van der Waals surface area contributed by atoms with E-state index in [9.17, 15) is 14.0 Å². The van der Waals surface area contributed by atoms with E-state index in [4.69, 9.17) is 18.6 Å². The quantitative estimate of drug-likeness (QED) is 0.584. The topological polar surface area (TPSA) is 87.0 Å². The fraction of sp³-hybridized carbons (Fsp3) is 0.217. The standard InChI is InChI=1S/C23H20FNO6/c24-17-4-2-1-3-16(17)18-7-8-20(31-18)23(27)30-14-22(26)25-10-9-15-5-6-19-21(13-15)29-12-11-28-19/h1-8,13H,9-12,14H2,(H,25,26). The van der Waals surface area contributed by atoms with Crippen LogP contribution >= 0.6 is 0 Å². The van der Waals surface area contributed by atoms with E-state index >= 15 is 0 Å². The minimum atomic E-state index is -0.801. The predicted octanol–water partition coefficient (Wildman–Crippen LogP) is 3.37. The Morgan fingerprint density at radius 1 is 1.00 bits per heavy atom. The highest BCUT2D eigenvalue weighted by atomic mass is 19.1. The van der Waals surface area contributed by atoms with Crippen LogP contribution in [-0.4, -0.2) is 38.2 Å². The lowest BCUT2D eigenvalue weighted by atomic mass is 10.1. The van der Waals surface area contributed by atoms with E-state index in [0.717, 1.165) is 5.56 Å². The zero-order valence-corrected chi connectivity index (χ0v) is 16.6. The molecule has 1 aliphatic heterocycles. The van der Waals surface area contributed by atoms with Gasteiger partial charge in [-0.3, -0.25) is 4.79 Å². The van der Waals surface area contributed by atoms with Gasteiger partial charge in [-0.25, -0.2) is 9.18 Å². The van der Waals surface area contributed by atoms with E-state index in [1.54, 1.807) is 18.2 Å². The molecule has 160 valence electrons. The molecule has 2 aromatic carbocycles. The van der Waals surface area contributed by atoms with Gasteiger partial charge in [0.1, 0.15) is 24.8 Å². The normalized spacial score (nSPS) is 12.3. The van der Waals surface area contributed by atoms with Gasteiger partial charge in [-0.2, -0.15) is 0 Å². The second-order valence-corrected chi connectivity index (χ2v) is 6.80. The fourth-order valence-corrected chi connectivity index (χ4v) is 3.10. The predicted molar refractivity (Wildman–Crippen MR) is 109 cm³/mol. The number of benzene rings is 2. The second-order valence-electron chi connectivity index (χ2n) is 6.80. The number of fused-ring (bicyclic) bond motifs is 1. The summed E-state index contributed by atoms with van der Waals surface area (Å²) >= 11 is 0. The number of carbonyl (C=O) groups is 2. The molecule has 0 radical (unpaired) electrons. The highest BCUT2D eigenvalue weighted by Crippen LogP contribution is 2.30. The Labute approximate surface area is 177 Å². The number of hydrogen-bond acceptors (Lipinski definition) is 6. The molecule has 1 N–H and O–H groups in total. The van der Waals surface area contributed by atoms with Crippen LogP contribution in [-0.2, 0) is 16.0 Å². The van der Waals surface area contributed by atoms with Crippen molar-refractivity contribution in [3.63, 3.8) is 0 Å². The molecule has 4 rings (SSSR count). The summed E-state index contributed by atoms with van der Waals surface area (Å²) in [6, 6.07) is 14.5. The van der Waals surface area contributed by atoms with Crippen LogP contribution in [0.1, 0.15) is 16.1 Å². The zero-order valence-electron chi connectivity index (χ0n) is 16.6. The lowest BCUT2D eigenvalue weighted by Gasteiger charge is -2.18. The number of amides is 1. The van der Waals surface area contributed by atoms with E-state index in [0.29, 0.717) is 37.7 Å². The minimum Gasteiger partial charge on any atom is -0.486 e. The maximum atomic E-state index is 13.8. The van der Waals surface area contributed by atoms with Gasteiger partial charge in [0.15, 0.2) is 18.1 Å². The van der Waals surface area contributed by atoms with E-state index in [1.807, 2.05) is 18.2 Å². The maximum Gasteiger partial charge on any atom is 0.374 e. The number of rotatable bonds is 7. The third kappa shape index (κ3) is 5.03. The summed E-state index contributed by atoms with van der Waals surface area (Å²) in [5, 5.41) is 2.69. The number of ether oxygens (including phenoxy) is 3. The van der Waals surface area contributed by atoms with Crippen LogP contribution in [0.3, 0.4) is 0 Å². The van der Waals surface area contributed by atoms with Gasteiger partial charge in [-0.15, -0.1) is 0 Å². The third-order valence-corrected chi connectivity index (χ3v) is 4.62. The van der Waals surface area contributed by atoms with Crippen LogP contribution in [0.2, 0.25) is 0 Å². The van der Waals surface area contributed by atoms with E-state index in [1.165, 1.54) is 18.2 Å². The monoisotopic (exact) mass is 425 g/mol. The molecule has 0 saturated carbocycles. The summed E-state index contributed by atoms with van der Waals surface area (Å²) < 4.78 is 35.2. The smallest absolute Gasteiger partial charge is 0.374 e. The first-order valence-electron chi connectivity index (χ1n) is 9.77. The average Bonchev–Trinajstić information content (AvgIpc) is 3.28. The molecule has 2 heterocycles. The summed E-state index contributed by atoms with van der Waals surface area (Å²) in [4.78, 5) is 24.1. The molecule has 8 heteroatoms. The van der Waals surface area contributed by atoms with Gasteiger partial charge in [0, 0.05) is 6.54 Å². The Morgan fingerprint density at radius 2 is 1.81 bits per heavy atom. The summed E-state index contributed by atoms with van der Waals surface area (Å²) in [6.07, 6.45) is 0.584. The van der Waals surface area contributed by atoms with Crippen LogP contribution in [0.4, 0.5) is 4.39 Å². The van der Waals surface area contributed by atoms with Crippen molar-refractivity contribution in [2.24, 2.45) is 0 Å². The van der Waals surface area contributed by atoms with Gasteiger partial charge in [0.05, 0.1) is 5.56 Å². The molecule has 0 aliphatic carbocycles. The fourth-order valence-electron chi connectivity index (χ4n) is 3.10. The molecule has 3 aromatic rings. The Balaban J connectivity index is 1.23. The van der Waals surface area contributed by atoms with Gasteiger partial charge in [-0.1, -0.05) is 18.2 Å². The van der Waals surface area contributed by atoms with Crippen molar-refractivity contribution in [2.75, 3.05) is 26.4 Å². The van der Waals surface area contributed by atoms with Crippen LogP contribution in [0, 0.1) is 5.82 Å². The lowest BCUT2D eigenvalue weighted by molar-refractivity contribution is -0.124. The van der Waals surface area contributed by atoms with Crippen molar-refractivity contribution in [1.82, 2.24) is 5.32 Å². The number of hydrogen-bond donors (Lipinski definition) is 1. The highest BCUT2D eigenvalue weighted by molar-refractivity contribution is 5.89. The molecule has 1 aliphatic rings. The number of carbonyl (C=O) groups excluding carboxylic acids is 2. The lowest BCUT2D eigenvalue weighted by Crippen LogP contribution is -2.30. The first-order valence-corrected chi connectivity index (χ1v) is 9.77. The van der Waals surface area contributed by atoms with Gasteiger partial charge in [0.2, 0.25) is 5.76 Å². The number of esters is 1. The summed E-state index contributed by atoms with van der Waals surface area (Å²) in [7, 11) is 0. The molecule has 0 atom stereocenters. The van der Waals surface area contributed by atoms with E-state index in [-0.39, 0.29) is 17.1 Å².